The van der Waals surface area contributed by atoms with Crippen LogP contribution in [0.2, 0.25) is 0 Å². The minimum absolute atomic E-state index is 0.0465. The number of likely N-dealkylation sites (tertiary alicyclic amines) is 1. The fourth-order valence-corrected chi connectivity index (χ4v) is 2.49. The number of carbonyl (C=O) groups excluding carboxylic acids is 2. The number of fused-ring (bicyclic) bond motifs is 1. The van der Waals surface area contributed by atoms with Crippen molar-refractivity contribution < 1.29 is 9.59 Å². The average Bonchev–Trinajstić information content (AvgIpc) is 2.53. The van der Waals surface area contributed by atoms with Crippen LogP contribution in [-0.2, 0) is 9.59 Å². The molecule has 2 atom stereocenters. The van der Waals surface area contributed by atoms with Crippen LogP contribution in [0.15, 0.2) is 12.2 Å². The van der Waals surface area contributed by atoms with Crippen molar-refractivity contribution >= 4 is 11.8 Å². The Hall–Kier alpha value is -1.16. The van der Waals surface area contributed by atoms with Crippen LogP contribution in [0, 0.1) is 11.8 Å². The summed E-state index contributed by atoms with van der Waals surface area (Å²) in [6.07, 6.45) is 5.36. The van der Waals surface area contributed by atoms with Gasteiger partial charge in [0.2, 0.25) is 11.8 Å². The fourth-order valence-electron chi connectivity index (χ4n) is 2.49. The molecular formula is C12H18N2O2. The Bertz CT molecular complexity index is 334. The standard InChI is InChI=1S/C12H18N2O2/c1-12(2,7-13)14-10(15)8-5-3-4-6-9(8)11(14)16/h3-4,8-9H,5-7,13H2,1-2H3. The number of hydrogen-bond donors (Lipinski definition) is 1. The molecule has 1 heterocycles. The van der Waals surface area contributed by atoms with Crippen molar-refractivity contribution in [2.45, 2.75) is 32.2 Å². The number of imide groups is 1. The summed E-state index contributed by atoms with van der Waals surface area (Å²) >= 11 is 0. The molecule has 2 N–H and O–H groups in total. The molecule has 1 fully saturated rings. The zero-order chi connectivity index (χ0) is 11.9. The summed E-state index contributed by atoms with van der Waals surface area (Å²) in [6, 6.07) is 0. The summed E-state index contributed by atoms with van der Waals surface area (Å²) in [7, 11) is 0. The van der Waals surface area contributed by atoms with E-state index in [0.29, 0.717) is 19.4 Å². The Labute approximate surface area is 95.5 Å². The van der Waals surface area contributed by atoms with Crippen LogP contribution >= 0.6 is 0 Å². The maximum absolute atomic E-state index is 12.2. The lowest BCUT2D eigenvalue weighted by Crippen LogP contribution is -2.52. The number of allylic oxidation sites excluding steroid dienone is 2. The second-order valence-electron chi connectivity index (χ2n) is 5.18. The van der Waals surface area contributed by atoms with Crippen LogP contribution in [0.4, 0.5) is 0 Å². The molecule has 0 aromatic rings. The van der Waals surface area contributed by atoms with E-state index in [-0.39, 0.29) is 23.7 Å². The molecule has 0 radical (unpaired) electrons. The van der Waals surface area contributed by atoms with E-state index in [1.165, 1.54) is 4.90 Å². The summed E-state index contributed by atoms with van der Waals surface area (Å²) in [6.45, 7) is 3.98. The lowest BCUT2D eigenvalue weighted by atomic mass is 9.85. The maximum atomic E-state index is 12.2. The quantitative estimate of drug-likeness (QED) is 0.552. The number of amides is 2. The summed E-state index contributed by atoms with van der Waals surface area (Å²) < 4.78 is 0. The van der Waals surface area contributed by atoms with Crippen molar-refractivity contribution in [2.75, 3.05) is 6.54 Å². The maximum Gasteiger partial charge on any atom is 0.233 e. The van der Waals surface area contributed by atoms with E-state index in [1.807, 2.05) is 26.0 Å². The zero-order valence-corrected chi connectivity index (χ0v) is 9.77. The smallest absolute Gasteiger partial charge is 0.233 e. The molecule has 1 aliphatic heterocycles. The summed E-state index contributed by atoms with van der Waals surface area (Å²) in [4.78, 5) is 25.7. The molecule has 2 rings (SSSR count). The molecule has 0 saturated carbocycles. The first-order chi connectivity index (χ1) is 7.49. The normalized spacial score (nSPS) is 29.8. The van der Waals surface area contributed by atoms with E-state index in [9.17, 15) is 9.59 Å². The van der Waals surface area contributed by atoms with Crippen LogP contribution in [0.3, 0.4) is 0 Å². The molecule has 2 unspecified atom stereocenters. The summed E-state index contributed by atoms with van der Waals surface area (Å²) in [5.74, 6) is -0.392. The van der Waals surface area contributed by atoms with Crippen molar-refractivity contribution in [3.63, 3.8) is 0 Å². The van der Waals surface area contributed by atoms with E-state index in [4.69, 9.17) is 5.73 Å². The second kappa shape index (κ2) is 3.70. The van der Waals surface area contributed by atoms with Gasteiger partial charge in [-0.25, -0.2) is 0 Å². The van der Waals surface area contributed by atoms with Crippen LogP contribution in [0.5, 0.6) is 0 Å². The van der Waals surface area contributed by atoms with Crippen molar-refractivity contribution in [3.8, 4) is 0 Å². The molecule has 2 aliphatic rings. The van der Waals surface area contributed by atoms with E-state index in [1.54, 1.807) is 0 Å². The van der Waals surface area contributed by atoms with E-state index >= 15 is 0 Å². The third-order valence-electron chi connectivity index (χ3n) is 3.61. The van der Waals surface area contributed by atoms with Gasteiger partial charge in [-0.05, 0) is 26.7 Å². The predicted octanol–water partition coefficient (Wildman–Crippen LogP) is 0.675. The van der Waals surface area contributed by atoms with Gasteiger partial charge in [-0.2, -0.15) is 0 Å². The second-order valence-corrected chi connectivity index (χ2v) is 5.18. The number of rotatable bonds is 2. The average molecular weight is 222 g/mol. The van der Waals surface area contributed by atoms with Gasteiger partial charge in [-0.15, -0.1) is 0 Å². The first-order valence-electron chi connectivity index (χ1n) is 5.72. The molecule has 4 nitrogen and oxygen atoms in total. The van der Waals surface area contributed by atoms with Crippen molar-refractivity contribution in [1.29, 1.82) is 0 Å². The zero-order valence-electron chi connectivity index (χ0n) is 9.77. The largest absolute Gasteiger partial charge is 0.328 e. The third kappa shape index (κ3) is 1.48. The Balaban J connectivity index is 2.31. The molecule has 0 bridgehead atoms. The fraction of sp³-hybridized carbons (Fsp3) is 0.667. The lowest BCUT2D eigenvalue weighted by Gasteiger charge is -2.33. The van der Waals surface area contributed by atoms with E-state index < -0.39 is 5.54 Å². The topological polar surface area (TPSA) is 63.4 Å². The molecule has 0 aromatic heterocycles. The van der Waals surface area contributed by atoms with Gasteiger partial charge in [0.25, 0.3) is 0 Å². The Morgan fingerprint density at radius 3 is 2.06 bits per heavy atom. The van der Waals surface area contributed by atoms with Gasteiger partial charge in [0, 0.05) is 6.54 Å². The number of nitrogens with two attached hydrogens (primary N) is 1. The van der Waals surface area contributed by atoms with Crippen LogP contribution in [0.25, 0.3) is 0 Å². The predicted molar refractivity (Wildman–Crippen MR) is 60.3 cm³/mol. The Kier molecular flexibility index (Phi) is 2.62. The molecule has 1 aliphatic carbocycles. The molecule has 16 heavy (non-hydrogen) atoms. The summed E-state index contributed by atoms with van der Waals surface area (Å²) in [5.41, 5.74) is 5.07. The molecule has 0 spiro atoms. The van der Waals surface area contributed by atoms with Crippen molar-refractivity contribution in [1.82, 2.24) is 4.90 Å². The van der Waals surface area contributed by atoms with Gasteiger partial charge >= 0.3 is 0 Å². The molecule has 0 aromatic carbocycles. The number of carbonyl (C=O) groups is 2. The molecule has 2 amide bonds. The summed E-state index contributed by atoms with van der Waals surface area (Å²) in [5, 5.41) is 0. The minimum atomic E-state index is -0.564. The SMILES string of the molecule is CC(C)(CN)N1C(=O)C2CC=CCC2C1=O. The number of nitrogens with zero attached hydrogens (tertiary/aromatic N) is 1. The molecule has 4 heteroatoms. The molecular weight excluding hydrogens is 204 g/mol. The van der Waals surface area contributed by atoms with E-state index in [2.05, 4.69) is 0 Å². The van der Waals surface area contributed by atoms with Gasteiger partial charge in [0.1, 0.15) is 0 Å². The minimum Gasteiger partial charge on any atom is -0.328 e. The number of hydrogen-bond acceptors (Lipinski definition) is 3. The molecule has 1 saturated heterocycles. The first kappa shape index (κ1) is 11.3. The molecule has 88 valence electrons. The first-order valence-corrected chi connectivity index (χ1v) is 5.72. The highest BCUT2D eigenvalue weighted by atomic mass is 16.2. The van der Waals surface area contributed by atoms with Crippen molar-refractivity contribution in [2.24, 2.45) is 17.6 Å². The highest BCUT2D eigenvalue weighted by molar-refractivity contribution is 6.06. The van der Waals surface area contributed by atoms with Gasteiger partial charge in [-0.1, -0.05) is 12.2 Å². The lowest BCUT2D eigenvalue weighted by molar-refractivity contribution is -0.145. The monoisotopic (exact) mass is 222 g/mol. The third-order valence-corrected chi connectivity index (χ3v) is 3.61. The van der Waals surface area contributed by atoms with Crippen LogP contribution < -0.4 is 5.73 Å². The Morgan fingerprint density at radius 2 is 1.69 bits per heavy atom. The van der Waals surface area contributed by atoms with E-state index in [0.717, 1.165) is 0 Å². The van der Waals surface area contributed by atoms with Gasteiger partial charge in [0.15, 0.2) is 0 Å². The van der Waals surface area contributed by atoms with Gasteiger partial charge < -0.3 is 5.73 Å². The van der Waals surface area contributed by atoms with Crippen molar-refractivity contribution in [3.05, 3.63) is 12.2 Å². The van der Waals surface area contributed by atoms with Gasteiger partial charge in [0.05, 0.1) is 17.4 Å². The van der Waals surface area contributed by atoms with Gasteiger partial charge in [-0.3, -0.25) is 14.5 Å². The highest BCUT2D eigenvalue weighted by Crippen LogP contribution is 2.38. The van der Waals surface area contributed by atoms with Crippen LogP contribution in [0.1, 0.15) is 26.7 Å². The Morgan fingerprint density at radius 1 is 1.25 bits per heavy atom. The van der Waals surface area contributed by atoms with Crippen LogP contribution in [-0.4, -0.2) is 28.8 Å². The highest BCUT2D eigenvalue weighted by Gasteiger charge is 2.51.